The van der Waals surface area contributed by atoms with Crippen LogP contribution in [0.15, 0.2) is 0 Å². The molecule has 0 aromatic carbocycles. The fraction of sp³-hybridized carbons (Fsp3) is 1.00. The van der Waals surface area contributed by atoms with Gasteiger partial charge in [0.25, 0.3) is 0 Å². The Morgan fingerprint density at radius 3 is 1.78 bits per heavy atom. The molecule has 1 unspecified atom stereocenters. The van der Waals surface area contributed by atoms with E-state index >= 15 is 0 Å². The molecule has 5 heteroatoms. The topological polar surface area (TPSA) is 57.0 Å². The van der Waals surface area contributed by atoms with E-state index in [0.717, 1.165) is 13.1 Å². The average Bonchev–Trinajstić information content (AvgIpc) is 2.36. The van der Waals surface area contributed by atoms with Crippen molar-refractivity contribution < 1.29 is 14.2 Å². The maximum atomic E-state index is 6.04. The van der Waals surface area contributed by atoms with Crippen LogP contribution in [0.1, 0.15) is 13.8 Å². The molecule has 0 spiro atoms. The van der Waals surface area contributed by atoms with Crippen molar-refractivity contribution in [1.82, 2.24) is 4.90 Å². The lowest BCUT2D eigenvalue weighted by atomic mass is 9.85. The first-order chi connectivity index (χ1) is 8.58. The maximum absolute atomic E-state index is 6.04. The predicted octanol–water partition coefficient (Wildman–Crippen LogP) is 0.581. The van der Waals surface area contributed by atoms with Gasteiger partial charge in [0.05, 0.1) is 25.4 Å². The van der Waals surface area contributed by atoms with Gasteiger partial charge < -0.3 is 19.9 Å². The zero-order chi connectivity index (χ0) is 14.0. The minimum atomic E-state index is -0.161. The quantitative estimate of drug-likeness (QED) is 0.590. The number of rotatable bonds is 11. The van der Waals surface area contributed by atoms with Crippen LogP contribution in [0.2, 0.25) is 0 Å². The molecule has 0 aliphatic heterocycles. The van der Waals surface area contributed by atoms with Crippen LogP contribution in [0, 0.1) is 5.92 Å². The maximum Gasteiger partial charge on any atom is 0.0661 e. The van der Waals surface area contributed by atoms with Gasteiger partial charge in [-0.15, -0.1) is 0 Å². The molecule has 0 saturated heterocycles. The molecule has 0 radical (unpaired) electrons. The van der Waals surface area contributed by atoms with Crippen molar-refractivity contribution in [3.05, 3.63) is 0 Å². The van der Waals surface area contributed by atoms with E-state index in [1.165, 1.54) is 0 Å². The molecule has 0 aromatic heterocycles. The van der Waals surface area contributed by atoms with Crippen LogP contribution < -0.4 is 5.73 Å². The fourth-order valence-corrected chi connectivity index (χ4v) is 2.26. The Bertz CT molecular complexity index is 195. The number of hydrogen-bond acceptors (Lipinski definition) is 5. The monoisotopic (exact) mass is 262 g/mol. The van der Waals surface area contributed by atoms with Crippen LogP contribution in [0.4, 0.5) is 0 Å². The minimum Gasteiger partial charge on any atom is -0.383 e. The van der Waals surface area contributed by atoms with Crippen LogP contribution in [0.5, 0.6) is 0 Å². The molecule has 0 aliphatic rings. The lowest BCUT2D eigenvalue weighted by Gasteiger charge is -2.46. The van der Waals surface area contributed by atoms with Crippen LogP contribution >= 0.6 is 0 Å². The molecule has 0 bridgehead atoms. The molecular weight excluding hydrogens is 232 g/mol. The van der Waals surface area contributed by atoms with Crippen LogP contribution in [-0.2, 0) is 14.2 Å². The number of methoxy groups -OCH3 is 3. The summed E-state index contributed by atoms with van der Waals surface area (Å²) in [7, 11) is 5.15. The summed E-state index contributed by atoms with van der Waals surface area (Å²) in [5.74, 6) is 0.399. The van der Waals surface area contributed by atoms with E-state index in [1.807, 2.05) is 0 Å². The van der Waals surface area contributed by atoms with Crippen molar-refractivity contribution in [2.45, 2.75) is 19.4 Å². The standard InChI is InChI=1S/C13H30N2O3/c1-12(2)13(10-14,11-18-5)15(6-8-16-3)7-9-17-4/h12H,6-11,14H2,1-5H3. The van der Waals surface area contributed by atoms with Crippen molar-refractivity contribution in [3.8, 4) is 0 Å². The van der Waals surface area contributed by atoms with Gasteiger partial charge in [0.2, 0.25) is 0 Å². The zero-order valence-corrected chi connectivity index (χ0v) is 12.6. The van der Waals surface area contributed by atoms with E-state index in [1.54, 1.807) is 21.3 Å². The van der Waals surface area contributed by atoms with Crippen molar-refractivity contribution in [2.75, 3.05) is 60.8 Å². The smallest absolute Gasteiger partial charge is 0.0661 e. The van der Waals surface area contributed by atoms with Gasteiger partial charge in [0.15, 0.2) is 0 Å². The highest BCUT2D eigenvalue weighted by Gasteiger charge is 2.38. The first-order valence-electron chi connectivity index (χ1n) is 6.51. The molecule has 18 heavy (non-hydrogen) atoms. The summed E-state index contributed by atoms with van der Waals surface area (Å²) < 4.78 is 15.8. The highest BCUT2D eigenvalue weighted by atomic mass is 16.5. The second kappa shape index (κ2) is 9.69. The van der Waals surface area contributed by atoms with Gasteiger partial charge in [-0.25, -0.2) is 0 Å². The van der Waals surface area contributed by atoms with E-state index < -0.39 is 0 Å². The molecular formula is C13H30N2O3. The number of nitrogens with two attached hydrogens (primary N) is 1. The number of nitrogens with zero attached hydrogens (tertiary/aromatic N) is 1. The van der Waals surface area contributed by atoms with E-state index in [0.29, 0.717) is 32.3 Å². The highest BCUT2D eigenvalue weighted by Crippen LogP contribution is 2.24. The molecule has 0 aromatic rings. The molecule has 2 N–H and O–H groups in total. The molecule has 0 saturated carbocycles. The van der Waals surface area contributed by atoms with Crippen molar-refractivity contribution >= 4 is 0 Å². The normalized spacial score (nSPS) is 15.3. The first kappa shape index (κ1) is 17.8. The Labute approximate surface area is 112 Å². The van der Waals surface area contributed by atoms with Crippen molar-refractivity contribution in [3.63, 3.8) is 0 Å². The summed E-state index contributed by atoms with van der Waals surface area (Å²) in [5, 5.41) is 0. The molecule has 0 amide bonds. The van der Waals surface area contributed by atoms with Crippen molar-refractivity contribution in [1.29, 1.82) is 0 Å². The van der Waals surface area contributed by atoms with Gasteiger partial charge in [0.1, 0.15) is 0 Å². The molecule has 1 atom stereocenters. The summed E-state index contributed by atoms with van der Waals surface area (Å²) >= 11 is 0. The third kappa shape index (κ3) is 4.82. The zero-order valence-electron chi connectivity index (χ0n) is 12.6. The predicted molar refractivity (Wildman–Crippen MR) is 73.8 cm³/mol. The van der Waals surface area contributed by atoms with Crippen LogP contribution in [-0.4, -0.2) is 71.2 Å². The van der Waals surface area contributed by atoms with Gasteiger partial charge in [0, 0.05) is 41.0 Å². The molecule has 110 valence electrons. The minimum absolute atomic E-state index is 0.161. The molecule has 5 nitrogen and oxygen atoms in total. The summed E-state index contributed by atoms with van der Waals surface area (Å²) in [6.07, 6.45) is 0. The average molecular weight is 262 g/mol. The third-order valence-corrected chi connectivity index (χ3v) is 3.58. The van der Waals surface area contributed by atoms with Gasteiger partial charge in [-0.3, -0.25) is 4.90 Å². The van der Waals surface area contributed by atoms with E-state index in [-0.39, 0.29) is 5.54 Å². The van der Waals surface area contributed by atoms with Crippen LogP contribution in [0.25, 0.3) is 0 Å². The van der Waals surface area contributed by atoms with Gasteiger partial charge in [-0.2, -0.15) is 0 Å². The SMILES string of the molecule is COCCN(CCOC)C(CN)(COC)C(C)C. The highest BCUT2D eigenvalue weighted by molar-refractivity contribution is 4.94. The second-order valence-corrected chi connectivity index (χ2v) is 4.87. The largest absolute Gasteiger partial charge is 0.383 e. The van der Waals surface area contributed by atoms with Crippen LogP contribution in [0.3, 0.4) is 0 Å². The van der Waals surface area contributed by atoms with Crippen molar-refractivity contribution in [2.24, 2.45) is 11.7 Å². The Morgan fingerprint density at radius 2 is 1.50 bits per heavy atom. The summed E-state index contributed by atoms with van der Waals surface area (Å²) in [4.78, 5) is 2.33. The van der Waals surface area contributed by atoms with E-state index in [2.05, 4.69) is 18.7 Å². The number of hydrogen-bond donors (Lipinski definition) is 1. The summed E-state index contributed by atoms with van der Waals surface area (Å²) in [6.45, 7) is 8.57. The van der Waals surface area contributed by atoms with Gasteiger partial charge in [-0.1, -0.05) is 13.8 Å². The van der Waals surface area contributed by atoms with E-state index in [9.17, 15) is 0 Å². The Kier molecular flexibility index (Phi) is 9.59. The summed E-state index contributed by atoms with van der Waals surface area (Å²) in [6, 6.07) is 0. The lowest BCUT2D eigenvalue weighted by Crippen LogP contribution is -2.61. The second-order valence-electron chi connectivity index (χ2n) is 4.87. The van der Waals surface area contributed by atoms with Gasteiger partial charge >= 0.3 is 0 Å². The molecule has 0 heterocycles. The summed E-state index contributed by atoms with van der Waals surface area (Å²) in [5.41, 5.74) is 5.87. The molecule has 0 aliphatic carbocycles. The number of ether oxygens (including phenoxy) is 3. The Morgan fingerprint density at radius 1 is 1.00 bits per heavy atom. The Hall–Kier alpha value is -0.200. The van der Waals surface area contributed by atoms with E-state index in [4.69, 9.17) is 19.9 Å². The third-order valence-electron chi connectivity index (χ3n) is 3.58. The molecule has 0 fully saturated rings. The van der Waals surface area contributed by atoms with Gasteiger partial charge in [-0.05, 0) is 5.92 Å². The fourth-order valence-electron chi connectivity index (χ4n) is 2.26. The lowest BCUT2D eigenvalue weighted by molar-refractivity contribution is -0.0361. The Balaban J connectivity index is 4.90. The first-order valence-corrected chi connectivity index (χ1v) is 6.51. The molecule has 0 rings (SSSR count).